The second-order valence-electron chi connectivity index (χ2n) is 6.55. The number of amides is 1. The highest BCUT2D eigenvalue weighted by Gasteiger charge is 2.42. The van der Waals surface area contributed by atoms with Crippen LogP contribution in [0.25, 0.3) is 0 Å². The summed E-state index contributed by atoms with van der Waals surface area (Å²) in [5.41, 5.74) is 2.38. The van der Waals surface area contributed by atoms with Gasteiger partial charge in [0.1, 0.15) is 0 Å². The molecule has 1 aromatic carbocycles. The molecule has 2 aromatic heterocycles. The van der Waals surface area contributed by atoms with E-state index in [-0.39, 0.29) is 11.1 Å². The molecule has 2 heterocycles. The Hall–Kier alpha value is -3.09. The smallest absolute Gasteiger partial charge is 0.342 e. The molecule has 0 radical (unpaired) electrons. The number of pyridine rings is 1. The van der Waals surface area contributed by atoms with Crippen molar-refractivity contribution in [3.8, 4) is 0 Å². The van der Waals surface area contributed by atoms with E-state index in [0.29, 0.717) is 12.2 Å². The van der Waals surface area contributed by atoms with Crippen molar-refractivity contribution in [3.05, 3.63) is 89.0 Å². The minimum Gasteiger partial charge on any atom is -0.342 e. The van der Waals surface area contributed by atoms with Crippen LogP contribution in [0.15, 0.2) is 60.8 Å². The number of carbonyl (C=O) groups excluding carboxylic acids is 1. The summed E-state index contributed by atoms with van der Waals surface area (Å²) >= 11 is 0. The topological polar surface area (TPSA) is 46.9 Å². The van der Waals surface area contributed by atoms with Crippen LogP contribution >= 0.6 is 0 Å². The first-order valence-electron chi connectivity index (χ1n) is 8.76. The minimum atomic E-state index is -4.60. The molecule has 4 nitrogen and oxygen atoms in total. The number of carbonyl (C=O) groups is 1. The summed E-state index contributed by atoms with van der Waals surface area (Å²) in [5.74, 6) is -0.758. The molecule has 146 valence electrons. The maximum Gasteiger partial charge on any atom is 0.412 e. The molecular formula is C21H20F3N3O. The van der Waals surface area contributed by atoms with Gasteiger partial charge in [0.25, 0.3) is 5.91 Å². The zero-order valence-electron chi connectivity index (χ0n) is 15.5. The highest BCUT2D eigenvalue weighted by Crippen LogP contribution is 2.33. The Morgan fingerprint density at radius 3 is 2.39 bits per heavy atom. The highest BCUT2D eigenvalue weighted by atomic mass is 19.4. The lowest BCUT2D eigenvalue weighted by Crippen LogP contribution is -2.38. The largest absolute Gasteiger partial charge is 0.412 e. The first-order valence-corrected chi connectivity index (χ1v) is 8.76. The average Bonchev–Trinajstić information content (AvgIpc) is 2.95. The van der Waals surface area contributed by atoms with Gasteiger partial charge in [-0.1, -0.05) is 36.4 Å². The van der Waals surface area contributed by atoms with E-state index in [0.717, 1.165) is 11.4 Å². The number of nitrogens with zero attached hydrogens (tertiary/aromatic N) is 2. The van der Waals surface area contributed by atoms with Crippen LogP contribution in [0.1, 0.15) is 39.0 Å². The SMILES string of the molecule is Cc1cc(C(=O)NC(c2ccccc2)C(F)(F)F)c(C)n1Cc1ccccn1. The van der Waals surface area contributed by atoms with Crippen LogP contribution in [0.3, 0.4) is 0 Å². The molecule has 0 saturated heterocycles. The molecule has 28 heavy (non-hydrogen) atoms. The molecule has 0 aliphatic carbocycles. The minimum absolute atomic E-state index is 0.00866. The molecular weight excluding hydrogens is 367 g/mol. The molecule has 3 rings (SSSR count). The van der Waals surface area contributed by atoms with Crippen molar-refractivity contribution >= 4 is 5.91 Å². The summed E-state index contributed by atoms with van der Waals surface area (Å²) in [4.78, 5) is 16.9. The number of rotatable bonds is 5. The lowest BCUT2D eigenvalue weighted by Gasteiger charge is -2.22. The Labute approximate surface area is 161 Å². The average molecular weight is 387 g/mol. The quantitative estimate of drug-likeness (QED) is 0.697. The van der Waals surface area contributed by atoms with Gasteiger partial charge >= 0.3 is 6.18 Å². The van der Waals surface area contributed by atoms with Crippen LogP contribution in [0.4, 0.5) is 13.2 Å². The first kappa shape index (κ1) is 19.7. The highest BCUT2D eigenvalue weighted by molar-refractivity contribution is 5.96. The van der Waals surface area contributed by atoms with E-state index in [1.807, 2.05) is 23.6 Å². The van der Waals surface area contributed by atoms with Crippen LogP contribution in [-0.2, 0) is 6.54 Å². The van der Waals surface area contributed by atoms with E-state index in [1.165, 1.54) is 24.3 Å². The summed E-state index contributed by atoms with van der Waals surface area (Å²) in [6.07, 6.45) is -2.93. The predicted octanol–water partition coefficient (Wildman–Crippen LogP) is 4.58. The third-order valence-corrected chi connectivity index (χ3v) is 4.60. The number of hydrogen-bond donors (Lipinski definition) is 1. The maximum absolute atomic E-state index is 13.5. The summed E-state index contributed by atoms with van der Waals surface area (Å²) in [6, 6.07) is 12.4. The Morgan fingerprint density at radius 2 is 1.79 bits per heavy atom. The summed E-state index contributed by atoms with van der Waals surface area (Å²) in [6.45, 7) is 3.97. The van der Waals surface area contributed by atoms with Crippen LogP contribution < -0.4 is 5.32 Å². The Bertz CT molecular complexity index is 950. The van der Waals surface area contributed by atoms with Gasteiger partial charge in [0.2, 0.25) is 0 Å². The van der Waals surface area contributed by atoms with Crippen LogP contribution in [-0.4, -0.2) is 21.6 Å². The van der Waals surface area contributed by atoms with Crippen molar-refractivity contribution in [2.75, 3.05) is 0 Å². The van der Waals surface area contributed by atoms with Gasteiger partial charge < -0.3 is 9.88 Å². The zero-order valence-corrected chi connectivity index (χ0v) is 15.5. The molecule has 0 fully saturated rings. The van der Waals surface area contributed by atoms with Gasteiger partial charge in [-0.25, -0.2) is 0 Å². The molecule has 1 N–H and O–H groups in total. The number of halogens is 3. The van der Waals surface area contributed by atoms with Gasteiger partial charge in [0, 0.05) is 17.6 Å². The van der Waals surface area contributed by atoms with E-state index in [4.69, 9.17) is 0 Å². The number of alkyl halides is 3. The Morgan fingerprint density at radius 1 is 1.11 bits per heavy atom. The van der Waals surface area contributed by atoms with Crippen molar-refractivity contribution in [1.82, 2.24) is 14.9 Å². The van der Waals surface area contributed by atoms with Gasteiger partial charge in [0.15, 0.2) is 6.04 Å². The van der Waals surface area contributed by atoms with Gasteiger partial charge in [-0.05, 0) is 37.6 Å². The lowest BCUT2D eigenvalue weighted by molar-refractivity contribution is -0.155. The van der Waals surface area contributed by atoms with E-state index in [2.05, 4.69) is 10.3 Å². The summed E-state index contributed by atoms with van der Waals surface area (Å²) in [5, 5.41) is 2.14. The molecule has 0 aliphatic heterocycles. The molecule has 0 bridgehead atoms. The number of benzene rings is 1. The van der Waals surface area contributed by atoms with E-state index in [1.54, 1.807) is 31.3 Å². The summed E-state index contributed by atoms with van der Waals surface area (Å²) in [7, 11) is 0. The van der Waals surface area contributed by atoms with Gasteiger partial charge in [-0.2, -0.15) is 13.2 Å². The maximum atomic E-state index is 13.5. The van der Waals surface area contributed by atoms with Gasteiger partial charge in [0.05, 0.1) is 17.8 Å². The molecule has 0 aliphatic rings. The number of aryl methyl sites for hydroxylation is 1. The molecule has 1 amide bonds. The van der Waals surface area contributed by atoms with Crippen molar-refractivity contribution in [2.24, 2.45) is 0 Å². The summed E-state index contributed by atoms with van der Waals surface area (Å²) < 4.78 is 42.4. The van der Waals surface area contributed by atoms with Crippen molar-refractivity contribution in [3.63, 3.8) is 0 Å². The van der Waals surface area contributed by atoms with Crippen LogP contribution in [0.5, 0.6) is 0 Å². The third kappa shape index (κ3) is 4.24. The standard InChI is InChI=1S/C21H20F3N3O/c1-14-12-18(15(2)27(14)13-17-10-6-7-11-25-17)20(28)26-19(21(22,23)24)16-8-4-3-5-9-16/h3-12,19H,13H2,1-2H3,(H,26,28). The monoisotopic (exact) mass is 387 g/mol. The van der Waals surface area contributed by atoms with E-state index in [9.17, 15) is 18.0 Å². The van der Waals surface area contributed by atoms with Crippen LogP contribution in [0, 0.1) is 13.8 Å². The zero-order chi connectivity index (χ0) is 20.3. The Balaban J connectivity index is 1.87. The van der Waals surface area contributed by atoms with Gasteiger partial charge in [-0.15, -0.1) is 0 Å². The molecule has 3 aromatic rings. The van der Waals surface area contributed by atoms with Crippen molar-refractivity contribution in [2.45, 2.75) is 32.6 Å². The van der Waals surface area contributed by atoms with Gasteiger partial charge in [-0.3, -0.25) is 9.78 Å². The van der Waals surface area contributed by atoms with E-state index >= 15 is 0 Å². The molecule has 0 saturated carbocycles. The molecule has 7 heteroatoms. The van der Waals surface area contributed by atoms with Crippen LogP contribution in [0.2, 0.25) is 0 Å². The normalized spacial score (nSPS) is 12.6. The number of hydrogen-bond acceptors (Lipinski definition) is 2. The Kier molecular flexibility index (Phi) is 5.53. The second kappa shape index (κ2) is 7.88. The molecule has 1 atom stereocenters. The fourth-order valence-electron chi connectivity index (χ4n) is 3.14. The van der Waals surface area contributed by atoms with Crippen molar-refractivity contribution < 1.29 is 18.0 Å². The fraction of sp³-hybridized carbons (Fsp3) is 0.238. The fourth-order valence-corrected chi connectivity index (χ4v) is 3.14. The van der Waals surface area contributed by atoms with E-state index < -0.39 is 18.1 Å². The third-order valence-electron chi connectivity index (χ3n) is 4.60. The molecule has 0 spiro atoms. The lowest BCUT2D eigenvalue weighted by atomic mass is 10.1. The molecule has 1 unspecified atom stereocenters. The first-order chi connectivity index (χ1) is 13.3. The number of aromatic nitrogens is 2. The second-order valence-corrected chi connectivity index (χ2v) is 6.55. The van der Waals surface area contributed by atoms with Crippen molar-refractivity contribution in [1.29, 1.82) is 0 Å². The number of nitrogens with one attached hydrogen (secondary N) is 1. The predicted molar refractivity (Wildman–Crippen MR) is 99.9 cm³/mol.